The van der Waals surface area contributed by atoms with Gasteiger partial charge in [-0.05, 0) is 118 Å². The molecule has 0 heterocycles. The van der Waals surface area contributed by atoms with Crippen LogP contribution in [0.3, 0.4) is 0 Å². The van der Waals surface area contributed by atoms with Gasteiger partial charge < -0.3 is 10.2 Å². The van der Waals surface area contributed by atoms with E-state index in [0.29, 0.717) is 10.8 Å². The van der Waals surface area contributed by atoms with Crippen molar-refractivity contribution in [2.45, 2.75) is 130 Å². The molecule has 0 aliphatic heterocycles. The Bertz CT molecular complexity index is 719. The van der Waals surface area contributed by atoms with Crippen molar-refractivity contribution in [3.63, 3.8) is 0 Å². The third-order valence-electron chi connectivity index (χ3n) is 11.4. The largest absolute Gasteiger partial charge is 0.390 e. The molecule has 3 saturated carbocycles. The summed E-state index contributed by atoms with van der Waals surface area (Å²) in [5, 5.41) is 21.2. The molecule has 32 heavy (non-hydrogen) atoms. The topological polar surface area (TPSA) is 40.5 Å². The predicted octanol–water partition coefficient (Wildman–Crippen LogP) is 7.53. The van der Waals surface area contributed by atoms with Gasteiger partial charge in [0.2, 0.25) is 0 Å². The van der Waals surface area contributed by atoms with E-state index in [9.17, 15) is 10.2 Å². The van der Waals surface area contributed by atoms with Crippen molar-refractivity contribution in [2.24, 2.45) is 46.3 Å². The predicted molar refractivity (Wildman–Crippen MR) is 134 cm³/mol. The van der Waals surface area contributed by atoms with Gasteiger partial charge in [-0.25, -0.2) is 0 Å². The Morgan fingerprint density at radius 3 is 2.56 bits per heavy atom. The van der Waals surface area contributed by atoms with E-state index in [1.807, 2.05) is 13.8 Å². The molecule has 4 aliphatic carbocycles. The zero-order chi connectivity index (χ0) is 23.5. The van der Waals surface area contributed by atoms with Crippen LogP contribution < -0.4 is 0 Å². The van der Waals surface area contributed by atoms with E-state index < -0.39 is 11.2 Å². The fraction of sp³-hybridized carbons (Fsp3) is 0.933. The van der Waals surface area contributed by atoms with Crippen molar-refractivity contribution in [2.75, 3.05) is 0 Å². The van der Waals surface area contributed by atoms with Crippen molar-refractivity contribution < 1.29 is 10.2 Å². The van der Waals surface area contributed by atoms with Crippen LogP contribution in [0.25, 0.3) is 0 Å². The van der Waals surface area contributed by atoms with E-state index in [4.69, 9.17) is 0 Å². The third kappa shape index (κ3) is 4.15. The number of hydrogen-bond donors (Lipinski definition) is 2. The molecule has 9 atom stereocenters. The molecule has 4 rings (SSSR count). The average molecular weight is 445 g/mol. The van der Waals surface area contributed by atoms with Gasteiger partial charge >= 0.3 is 0 Å². The van der Waals surface area contributed by atoms with E-state index in [-0.39, 0.29) is 0 Å². The molecule has 184 valence electrons. The van der Waals surface area contributed by atoms with E-state index in [1.165, 1.54) is 38.5 Å². The Morgan fingerprint density at radius 1 is 1.19 bits per heavy atom. The quantitative estimate of drug-likeness (QED) is 0.416. The molecular weight excluding hydrogens is 392 g/mol. The minimum atomic E-state index is -0.529. The minimum Gasteiger partial charge on any atom is -0.390 e. The maximum atomic E-state index is 11.0. The first-order valence-electron chi connectivity index (χ1n) is 14.0. The number of allylic oxidation sites excluding steroid dienone is 1. The summed E-state index contributed by atoms with van der Waals surface area (Å²) in [6.07, 6.45) is 15.3. The molecule has 4 aliphatic rings. The maximum absolute atomic E-state index is 11.0. The van der Waals surface area contributed by atoms with Gasteiger partial charge in [0.05, 0.1) is 11.2 Å². The highest BCUT2D eigenvalue weighted by Gasteiger charge is 2.61. The highest BCUT2D eigenvalue weighted by molar-refractivity contribution is 5.27. The van der Waals surface area contributed by atoms with Crippen molar-refractivity contribution in [1.29, 1.82) is 0 Å². The monoisotopic (exact) mass is 444 g/mol. The lowest BCUT2D eigenvalue weighted by atomic mass is 9.45. The lowest BCUT2D eigenvalue weighted by Gasteiger charge is -2.60. The van der Waals surface area contributed by atoms with Crippen LogP contribution in [0.15, 0.2) is 11.6 Å². The summed E-state index contributed by atoms with van der Waals surface area (Å²) >= 11 is 0. The summed E-state index contributed by atoms with van der Waals surface area (Å²) in [7, 11) is 0. The fourth-order valence-electron chi connectivity index (χ4n) is 9.56. The zero-order valence-corrected chi connectivity index (χ0v) is 22.2. The van der Waals surface area contributed by atoms with Gasteiger partial charge in [-0.2, -0.15) is 0 Å². The van der Waals surface area contributed by atoms with Gasteiger partial charge in [0.25, 0.3) is 0 Å². The van der Waals surface area contributed by atoms with Crippen LogP contribution >= 0.6 is 0 Å². The van der Waals surface area contributed by atoms with Gasteiger partial charge in [0.15, 0.2) is 0 Å². The highest BCUT2D eigenvalue weighted by atomic mass is 16.3. The molecule has 0 bridgehead atoms. The van der Waals surface area contributed by atoms with Crippen LogP contribution in [0.1, 0.15) is 119 Å². The average Bonchev–Trinajstić information content (AvgIpc) is 2.98. The van der Waals surface area contributed by atoms with Crippen LogP contribution in [0.5, 0.6) is 0 Å². The second kappa shape index (κ2) is 8.40. The van der Waals surface area contributed by atoms with Gasteiger partial charge in [-0.1, -0.05) is 59.1 Å². The second-order valence-corrected chi connectivity index (χ2v) is 14.0. The Hall–Kier alpha value is -0.340. The van der Waals surface area contributed by atoms with Gasteiger partial charge in [-0.15, -0.1) is 0 Å². The van der Waals surface area contributed by atoms with Crippen LogP contribution in [0, 0.1) is 46.3 Å². The number of fused-ring (bicyclic) bond motifs is 5. The van der Waals surface area contributed by atoms with Gasteiger partial charge in [0.1, 0.15) is 0 Å². The molecule has 0 aromatic heterocycles. The van der Waals surface area contributed by atoms with Crippen LogP contribution in [-0.4, -0.2) is 21.4 Å². The fourth-order valence-corrected chi connectivity index (χ4v) is 9.56. The summed E-state index contributed by atoms with van der Waals surface area (Å²) in [5.41, 5.74) is 1.42. The van der Waals surface area contributed by atoms with Gasteiger partial charge in [0, 0.05) is 0 Å². The first kappa shape index (κ1) is 24.8. The van der Waals surface area contributed by atoms with Crippen LogP contribution in [0.4, 0.5) is 0 Å². The van der Waals surface area contributed by atoms with E-state index in [2.05, 4.69) is 40.7 Å². The number of rotatable bonds is 6. The second-order valence-electron chi connectivity index (χ2n) is 14.0. The lowest BCUT2D eigenvalue weighted by Crippen LogP contribution is -2.53. The zero-order valence-electron chi connectivity index (χ0n) is 22.2. The minimum absolute atomic E-state index is 0.321. The van der Waals surface area contributed by atoms with Crippen molar-refractivity contribution in [3.8, 4) is 0 Å². The molecule has 3 fully saturated rings. The molecule has 0 aromatic rings. The summed E-state index contributed by atoms with van der Waals surface area (Å²) < 4.78 is 0. The molecule has 0 aromatic carbocycles. The Balaban J connectivity index is 1.52. The van der Waals surface area contributed by atoms with E-state index in [1.54, 1.807) is 5.57 Å². The number of hydrogen-bond acceptors (Lipinski definition) is 2. The van der Waals surface area contributed by atoms with E-state index >= 15 is 0 Å². The highest BCUT2D eigenvalue weighted by Crippen LogP contribution is 2.69. The van der Waals surface area contributed by atoms with Gasteiger partial charge in [-0.3, -0.25) is 0 Å². The molecule has 0 saturated heterocycles. The summed E-state index contributed by atoms with van der Waals surface area (Å²) in [5.74, 6) is 4.91. The number of aliphatic hydroxyl groups is 2. The van der Waals surface area contributed by atoms with Crippen molar-refractivity contribution in [1.82, 2.24) is 0 Å². The van der Waals surface area contributed by atoms with E-state index in [0.717, 1.165) is 67.6 Å². The molecule has 2 N–H and O–H groups in total. The molecule has 2 heteroatoms. The molecule has 0 spiro atoms. The first-order chi connectivity index (χ1) is 14.8. The SMILES string of the molecule is CC[C@]1(O)CC[C@@]2(C)C(=CC[C@H]3[C@@H]4[C@H](C)C[C@H]([C@H](C)CCCC(C)(C)O)[C@@]4(C)CC[C@@H]32)C1. The van der Waals surface area contributed by atoms with Crippen molar-refractivity contribution in [3.05, 3.63) is 11.6 Å². The molecule has 0 amide bonds. The summed E-state index contributed by atoms with van der Waals surface area (Å²) in [6, 6.07) is 0. The Labute approximate surface area is 198 Å². The first-order valence-corrected chi connectivity index (χ1v) is 14.0. The molecule has 2 nitrogen and oxygen atoms in total. The van der Waals surface area contributed by atoms with Crippen LogP contribution in [-0.2, 0) is 0 Å². The summed E-state index contributed by atoms with van der Waals surface area (Å²) in [4.78, 5) is 0. The Kier molecular flexibility index (Phi) is 6.50. The summed E-state index contributed by atoms with van der Waals surface area (Å²) in [6.45, 7) is 16.3. The maximum Gasteiger partial charge on any atom is 0.0682 e. The lowest BCUT2D eigenvalue weighted by molar-refractivity contribution is -0.0817. The third-order valence-corrected chi connectivity index (χ3v) is 11.4. The van der Waals surface area contributed by atoms with Crippen molar-refractivity contribution >= 4 is 0 Å². The molecular formula is C30H52O2. The normalized spacial score (nSPS) is 47.3. The molecule has 0 unspecified atom stereocenters. The van der Waals surface area contributed by atoms with Crippen LogP contribution in [0.2, 0.25) is 0 Å². The molecule has 0 radical (unpaired) electrons. The standard InChI is InChI=1S/C30H52O2/c1-8-30(32)17-16-28(6)22(19-30)11-12-23-24(28)13-15-29(7)25(18-21(3)26(23)29)20(2)10-9-14-27(4,5)31/h11,20-21,23-26,31-32H,8-10,12-19H2,1-7H3/t20-,21-,23-,24+,25-,26+,28+,29-,30+/m1/s1. The smallest absolute Gasteiger partial charge is 0.0682 e. The Morgan fingerprint density at radius 2 is 1.91 bits per heavy atom.